The van der Waals surface area contributed by atoms with Crippen molar-refractivity contribution in [3.63, 3.8) is 0 Å². The molecule has 0 aliphatic heterocycles. The molecule has 0 bridgehead atoms. The van der Waals surface area contributed by atoms with Crippen molar-refractivity contribution in [2.75, 3.05) is 0 Å². The average Bonchev–Trinajstić information content (AvgIpc) is 2.08. The Morgan fingerprint density at radius 3 is 1.57 bits per heavy atom. The smallest absolute Gasteiger partial charge is 0.105 e. The summed E-state index contributed by atoms with van der Waals surface area (Å²) in [5, 5.41) is 0. The monoisotopic (exact) mass is 238 g/mol. The summed E-state index contributed by atoms with van der Waals surface area (Å²) in [5.74, 6) is 0.864. The lowest BCUT2D eigenvalue weighted by Gasteiger charge is -2.04. The third-order valence-corrected chi connectivity index (χ3v) is 2.89. The van der Waals surface area contributed by atoms with Crippen molar-refractivity contribution < 1.29 is 0 Å². The molecule has 0 fully saturated rings. The number of hydrogen-bond donors (Lipinski definition) is 0. The van der Waals surface area contributed by atoms with E-state index in [0.717, 1.165) is 12.3 Å². The number of unbranched alkanes of at least 4 members (excludes halogenated alkanes) is 5. The molecule has 0 saturated heterocycles. The molecule has 0 aromatic heterocycles. The molecular formula is C12H24Cl2. The second-order valence-electron chi connectivity index (χ2n) is 4.48. The number of hydrogen-bond acceptors (Lipinski definition) is 0. The van der Waals surface area contributed by atoms with Gasteiger partial charge in [-0.2, -0.15) is 0 Å². The molecule has 0 radical (unpaired) electrons. The maximum atomic E-state index is 5.64. The first kappa shape index (κ1) is 14.6. The summed E-state index contributed by atoms with van der Waals surface area (Å²) >= 11 is 11.3. The van der Waals surface area contributed by atoms with Crippen molar-refractivity contribution in [3.05, 3.63) is 0 Å². The molecule has 14 heavy (non-hydrogen) atoms. The quantitative estimate of drug-likeness (QED) is 0.364. The van der Waals surface area contributed by atoms with E-state index in [1.807, 2.05) is 0 Å². The van der Waals surface area contributed by atoms with Gasteiger partial charge in [0, 0.05) is 0 Å². The first-order chi connectivity index (χ1) is 6.63. The molecule has 0 heterocycles. The third kappa shape index (κ3) is 12.6. The van der Waals surface area contributed by atoms with Crippen molar-refractivity contribution in [1.29, 1.82) is 0 Å². The Morgan fingerprint density at radius 1 is 0.714 bits per heavy atom. The van der Waals surface area contributed by atoms with Gasteiger partial charge in [-0.05, 0) is 12.3 Å². The van der Waals surface area contributed by atoms with Gasteiger partial charge in [0.05, 0.1) is 0 Å². The minimum atomic E-state index is -0.157. The zero-order valence-corrected chi connectivity index (χ0v) is 11.1. The number of rotatable bonds is 9. The van der Waals surface area contributed by atoms with Crippen LogP contribution in [0.2, 0.25) is 0 Å². The van der Waals surface area contributed by atoms with E-state index < -0.39 is 0 Å². The van der Waals surface area contributed by atoms with Crippen LogP contribution in [0.25, 0.3) is 0 Å². The van der Waals surface area contributed by atoms with Crippen LogP contribution >= 0.6 is 23.2 Å². The Hall–Kier alpha value is 0.580. The summed E-state index contributed by atoms with van der Waals surface area (Å²) < 4.78 is 0. The minimum absolute atomic E-state index is 0.157. The van der Waals surface area contributed by atoms with Gasteiger partial charge in [-0.25, -0.2) is 0 Å². The minimum Gasteiger partial charge on any atom is -0.105 e. The van der Waals surface area contributed by atoms with Gasteiger partial charge in [-0.3, -0.25) is 0 Å². The van der Waals surface area contributed by atoms with Gasteiger partial charge in [0.1, 0.15) is 4.84 Å². The Labute approximate surface area is 99.4 Å². The highest BCUT2D eigenvalue weighted by Crippen LogP contribution is 2.15. The van der Waals surface area contributed by atoms with Gasteiger partial charge in [0.25, 0.3) is 0 Å². The van der Waals surface area contributed by atoms with Crippen LogP contribution in [0.5, 0.6) is 0 Å². The van der Waals surface area contributed by atoms with Gasteiger partial charge < -0.3 is 0 Å². The predicted molar refractivity (Wildman–Crippen MR) is 67.3 cm³/mol. The molecule has 0 aromatic rings. The molecular weight excluding hydrogens is 215 g/mol. The topological polar surface area (TPSA) is 0 Å². The highest BCUT2D eigenvalue weighted by Gasteiger charge is 1.98. The first-order valence-electron chi connectivity index (χ1n) is 5.91. The summed E-state index contributed by atoms with van der Waals surface area (Å²) in [6.45, 7) is 4.59. The molecule has 0 spiro atoms. The van der Waals surface area contributed by atoms with Gasteiger partial charge in [-0.15, -0.1) is 23.2 Å². The van der Waals surface area contributed by atoms with E-state index in [0.29, 0.717) is 0 Å². The molecule has 0 nitrogen and oxygen atoms in total. The standard InChI is InChI=1S/C12H24Cl2/c1-11(2)9-7-5-3-4-6-8-10-12(13)14/h11-12H,3-10H2,1-2H3. The van der Waals surface area contributed by atoms with Gasteiger partial charge in [0.15, 0.2) is 0 Å². The summed E-state index contributed by atoms with van der Waals surface area (Å²) in [7, 11) is 0. The van der Waals surface area contributed by atoms with Gasteiger partial charge >= 0.3 is 0 Å². The summed E-state index contributed by atoms with van der Waals surface area (Å²) in [4.78, 5) is -0.157. The van der Waals surface area contributed by atoms with E-state index in [4.69, 9.17) is 23.2 Å². The largest absolute Gasteiger partial charge is 0.107 e. The van der Waals surface area contributed by atoms with Crippen molar-refractivity contribution in [2.45, 2.75) is 70.1 Å². The van der Waals surface area contributed by atoms with Crippen LogP contribution in [0.15, 0.2) is 0 Å². The van der Waals surface area contributed by atoms with Crippen LogP contribution in [-0.4, -0.2) is 4.84 Å². The Bertz CT molecular complexity index is 96.9. The van der Waals surface area contributed by atoms with Gasteiger partial charge in [0.2, 0.25) is 0 Å². The molecule has 0 saturated carbocycles. The van der Waals surface area contributed by atoms with E-state index in [1.165, 1.54) is 44.9 Å². The SMILES string of the molecule is CC(C)CCCCCCCCC(Cl)Cl. The number of halogens is 2. The maximum Gasteiger partial charge on any atom is 0.107 e. The molecule has 0 rings (SSSR count). The van der Waals surface area contributed by atoms with E-state index in [1.54, 1.807) is 0 Å². The third-order valence-electron chi connectivity index (χ3n) is 2.45. The molecule has 0 amide bonds. The molecule has 0 N–H and O–H groups in total. The molecule has 0 unspecified atom stereocenters. The first-order valence-corrected chi connectivity index (χ1v) is 6.78. The van der Waals surface area contributed by atoms with Crippen molar-refractivity contribution in [3.8, 4) is 0 Å². The number of alkyl halides is 2. The zero-order chi connectivity index (χ0) is 10.8. The fourth-order valence-electron chi connectivity index (χ4n) is 1.56. The molecule has 0 aromatic carbocycles. The van der Waals surface area contributed by atoms with Crippen LogP contribution in [0.1, 0.15) is 65.2 Å². The van der Waals surface area contributed by atoms with E-state index >= 15 is 0 Å². The second-order valence-corrected chi connectivity index (χ2v) is 5.76. The second kappa shape index (κ2) is 10.1. The Morgan fingerprint density at radius 2 is 1.14 bits per heavy atom. The maximum absolute atomic E-state index is 5.64. The molecule has 0 aliphatic rings. The lowest BCUT2D eigenvalue weighted by Crippen LogP contribution is -1.88. The molecule has 0 atom stereocenters. The summed E-state index contributed by atoms with van der Waals surface area (Å²) in [6.07, 6.45) is 10.3. The highest BCUT2D eigenvalue weighted by molar-refractivity contribution is 6.44. The predicted octanol–water partition coefficient (Wildman–Crippen LogP) is 5.57. The van der Waals surface area contributed by atoms with Crippen LogP contribution in [0, 0.1) is 5.92 Å². The fraction of sp³-hybridized carbons (Fsp3) is 1.00. The van der Waals surface area contributed by atoms with Crippen molar-refractivity contribution in [2.24, 2.45) is 5.92 Å². The van der Waals surface area contributed by atoms with Crippen molar-refractivity contribution in [1.82, 2.24) is 0 Å². The molecule has 86 valence electrons. The van der Waals surface area contributed by atoms with Crippen molar-refractivity contribution >= 4 is 23.2 Å². The Kier molecular flexibility index (Phi) is 10.5. The van der Waals surface area contributed by atoms with E-state index in [2.05, 4.69) is 13.8 Å². The fourth-order valence-corrected chi connectivity index (χ4v) is 1.87. The lowest BCUT2D eigenvalue weighted by molar-refractivity contribution is 0.510. The van der Waals surface area contributed by atoms with E-state index in [9.17, 15) is 0 Å². The van der Waals surface area contributed by atoms with E-state index in [-0.39, 0.29) is 4.84 Å². The normalized spacial score (nSPS) is 11.6. The van der Waals surface area contributed by atoms with Gasteiger partial charge in [-0.1, -0.05) is 58.8 Å². The average molecular weight is 239 g/mol. The Balaban J connectivity index is 2.92. The zero-order valence-electron chi connectivity index (χ0n) is 9.57. The molecule has 2 heteroatoms. The van der Waals surface area contributed by atoms with Crippen LogP contribution in [-0.2, 0) is 0 Å². The van der Waals surface area contributed by atoms with Crippen LogP contribution < -0.4 is 0 Å². The summed E-state index contributed by atoms with van der Waals surface area (Å²) in [6, 6.07) is 0. The molecule has 0 aliphatic carbocycles. The van der Waals surface area contributed by atoms with Crippen LogP contribution in [0.3, 0.4) is 0 Å². The highest BCUT2D eigenvalue weighted by atomic mass is 35.5. The van der Waals surface area contributed by atoms with Crippen LogP contribution in [0.4, 0.5) is 0 Å². The summed E-state index contributed by atoms with van der Waals surface area (Å²) in [5.41, 5.74) is 0. The lowest BCUT2D eigenvalue weighted by atomic mass is 10.0.